The second-order valence-corrected chi connectivity index (χ2v) is 3.26. The molecule has 1 rings (SSSR count). The monoisotopic (exact) mass is 182 g/mol. The van der Waals surface area contributed by atoms with Gasteiger partial charge in [-0.15, -0.1) is 0 Å². The Morgan fingerprint density at radius 2 is 2.15 bits per heavy atom. The highest BCUT2D eigenvalue weighted by molar-refractivity contribution is 5.20. The molecule has 0 bridgehead atoms. The lowest BCUT2D eigenvalue weighted by Gasteiger charge is -2.00. The molecule has 1 N–H and O–H groups in total. The molecule has 0 saturated heterocycles. The van der Waals surface area contributed by atoms with Crippen molar-refractivity contribution in [3.05, 3.63) is 17.0 Å². The van der Waals surface area contributed by atoms with Gasteiger partial charge in [-0.1, -0.05) is 12.1 Å². The summed E-state index contributed by atoms with van der Waals surface area (Å²) in [4.78, 5) is 0. The molecule has 0 atom stereocenters. The van der Waals surface area contributed by atoms with Gasteiger partial charge in [0.1, 0.15) is 5.76 Å². The zero-order chi connectivity index (χ0) is 9.68. The number of aryl methyl sites for hydroxylation is 2. The van der Waals surface area contributed by atoms with Gasteiger partial charge in [0.25, 0.3) is 0 Å². The van der Waals surface area contributed by atoms with Gasteiger partial charge < -0.3 is 9.84 Å². The zero-order valence-corrected chi connectivity index (χ0v) is 8.68. The van der Waals surface area contributed by atoms with Crippen LogP contribution in [0.25, 0.3) is 0 Å². The van der Waals surface area contributed by atoms with Gasteiger partial charge in [0.2, 0.25) is 0 Å². The van der Waals surface area contributed by atoms with Crippen LogP contribution in [-0.2, 0) is 6.42 Å². The largest absolute Gasteiger partial charge is 0.361 e. The van der Waals surface area contributed by atoms with Crippen LogP contribution in [0.2, 0.25) is 0 Å². The highest BCUT2D eigenvalue weighted by atomic mass is 16.5. The topological polar surface area (TPSA) is 38.1 Å². The van der Waals surface area contributed by atoms with Crippen LogP contribution in [0, 0.1) is 13.8 Å². The van der Waals surface area contributed by atoms with Gasteiger partial charge in [0.05, 0.1) is 5.69 Å². The van der Waals surface area contributed by atoms with Crippen LogP contribution in [0.4, 0.5) is 0 Å². The molecule has 74 valence electrons. The van der Waals surface area contributed by atoms with Crippen molar-refractivity contribution in [3.8, 4) is 0 Å². The van der Waals surface area contributed by atoms with E-state index in [0.29, 0.717) is 0 Å². The van der Waals surface area contributed by atoms with Crippen LogP contribution >= 0.6 is 0 Å². The molecule has 0 unspecified atom stereocenters. The minimum atomic E-state index is 0.967. The van der Waals surface area contributed by atoms with E-state index in [-0.39, 0.29) is 0 Å². The normalized spacial score (nSPS) is 10.7. The summed E-state index contributed by atoms with van der Waals surface area (Å²) in [5.74, 6) is 0.967. The van der Waals surface area contributed by atoms with Crippen molar-refractivity contribution < 1.29 is 4.52 Å². The molecule has 1 aromatic rings. The van der Waals surface area contributed by atoms with Crippen molar-refractivity contribution in [2.75, 3.05) is 13.1 Å². The SMILES string of the molecule is CCNCCCc1c(C)noc1C. The Balaban J connectivity index is 2.36. The van der Waals surface area contributed by atoms with Gasteiger partial charge in [-0.2, -0.15) is 0 Å². The third-order valence-electron chi connectivity index (χ3n) is 2.21. The van der Waals surface area contributed by atoms with Crippen LogP contribution in [0.15, 0.2) is 4.52 Å². The summed E-state index contributed by atoms with van der Waals surface area (Å²) in [5, 5.41) is 7.22. The third kappa shape index (κ3) is 2.84. The third-order valence-corrected chi connectivity index (χ3v) is 2.21. The molecule has 1 aromatic heterocycles. The van der Waals surface area contributed by atoms with Crippen molar-refractivity contribution in [1.82, 2.24) is 10.5 Å². The van der Waals surface area contributed by atoms with E-state index in [1.165, 1.54) is 5.56 Å². The van der Waals surface area contributed by atoms with E-state index >= 15 is 0 Å². The van der Waals surface area contributed by atoms with E-state index in [2.05, 4.69) is 17.4 Å². The van der Waals surface area contributed by atoms with Crippen molar-refractivity contribution in [1.29, 1.82) is 0 Å². The first-order chi connectivity index (χ1) is 6.25. The fourth-order valence-electron chi connectivity index (χ4n) is 1.43. The van der Waals surface area contributed by atoms with E-state index < -0.39 is 0 Å². The Hall–Kier alpha value is -0.830. The second kappa shape index (κ2) is 5.02. The Labute approximate surface area is 79.5 Å². The second-order valence-electron chi connectivity index (χ2n) is 3.26. The fraction of sp³-hybridized carbons (Fsp3) is 0.700. The van der Waals surface area contributed by atoms with Gasteiger partial charge in [-0.05, 0) is 39.8 Å². The summed E-state index contributed by atoms with van der Waals surface area (Å²) in [7, 11) is 0. The molecule has 0 aliphatic heterocycles. The summed E-state index contributed by atoms with van der Waals surface area (Å²) < 4.78 is 5.08. The molecule has 0 aliphatic rings. The molecule has 0 aromatic carbocycles. The number of hydrogen-bond acceptors (Lipinski definition) is 3. The minimum Gasteiger partial charge on any atom is -0.361 e. The fourth-order valence-corrected chi connectivity index (χ4v) is 1.43. The summed E-state index contributed by atoms with van der Waals surface area (Å²) in [6.07, 6.45) is 2.21. The van der Waals surface area contributed by atoms with Crippen LogP contribution in [0.3, 0.4) is 0 Å². The maximum Gasteiger partial charge on any atom is 0.137 e. The Morgan fingerprint density at radius 3 is 2.69 bits per heavy atom. The quantitative estimate of drug-likeness (QED) is 0.706. The molecule has 0 aliphatic carbocycles. The highest BCUT2D eigenvalue weighted by Gasteiger charge is 2.07. The lowest BCUT2D eigenvalue weighted by Crippen LogP contribution is -2.14. The van der Waals surface area contributed by atoms with Crippen molar-refractivity contribution >= 4 is 0 Å². The maximum atomic E-state index is 5.08. The van der Waals surface area contributed by atoms with E-state index in [9.17, 15) is 0 Å². The van der Waals surface area contributed by atoms with Crippen molar-refractivity contribution in [2.24, 2.45) is 0 Å². The zero-order valence-electron chi connectivity index (χ0n) is 8.68. The van der Waals surface area contributed by atoms with E-state index in [4.69, 9.17) is 4.52 Å². The lowest BCUT2D eigenvalue weighted by atomic mass is 10.1. The summed E-state index contributed by atoms with van der Waals surface area (Å²) in [6, 6.07) is 0. The maximum absolute atomic E-state index is 5.08. The first kappa shape index (κ1) is 10.3. The summed E-state index contributed by atoms with van der Waals surface area (Å²) >= 11 is 0. The standard InChI is InChI=1S/C10H18N2O/c1-4-11-7-5-6-10-8(2)12-13-9(10)3/h11H,4-7H2,1-3H3. The molecule has 1 heterocycles. The molecular formula is C10H18N2O. The van der Waals surface area contributed by atoms with Gasteiger partial charge in [0, 0.05) is 5.56 Å². The molecule has 0 saturated carbocycles. The van der Waals surface area contributed by atoms with Gasteiger partial charge in [0.15, 0.2) is 0 Å². The van der Waals surface area contributed by atoms with Crippen molar-refractivity contribution in [3.63, 3.8) is 0 Å². The molecule has 0 fully saturated rings. The van der Waals surface area contributed by atoms with E-state index in [0.717, 1.165) is 37.4 Å². The predicted octanol–water partition coefficient (Wildman–Crippen LogP) is 1.83. The first-order valence-corrected chi connectivity index (χ1v) is 4.88. The van der Waals surface area contributed by atoms with Crippen LogP contribution < -0.4 is 5.32 Å². The highest BCUT2D eigenvalue weighted by Crippen LogP contribution is 2.13. The van der Waals surface area contributed by atoms with E-state index in [1.54, 1.807) is 0 Å². The molecule has 13 heavy (non-hydrogen) atoms. The summed E-state index contributed by atoms with van der Waals surface area (Å²) in [6.45, 7) is 8.21. The van der Waals surface area contributed by atoms with Gasteiger partial charge >= 0.3 is 0 Å². The lowest BCUT2D eigenvalue weighted by molar-refractivity contribution is 0.392. The number of rotatable bonds is 5. The van der Waals surface area contributed by atoms with E-state index in [1.807, 2.05) is 13.8 Å². The molecular weight excluding hydrogens is 164 g/mol. The van der Waals surface area contributed by atoms with Crippen LogP contribution in [0.5, 0.6) is 0 Å². The average molecular weight is 182 g/mol. The number of nitrogens with zero attached hydrogens (tertiary/aromatic N) is 1. The Bertz CT molecular complexity index is 236. The first-order valence-electron chi connectivity index (χ1n) is 4.88. The van der Waals surface area contributed by atoms with Gasteiger partial charge in [-0.25, -0.2) is 0 Å². The number of aromatic nitrogens is 1. The molecule has 0 radical (unpaired) electrons. The Morgan fingerprint density at radius 1 is 1.38 bits per heavy atom. The molecule has 0 spiro atoms. The van der Waals surface area contributed by atoms with Crippen molar-refractivity contribution in [2.45, 2.75) is 33.6 Å². The number of hydrogen-bond donors (Lipinski definition) is 1. The van der Waals surface area contributed by atoms with Crippen LogP contribution in [0.1, 0.15) is 30.4 Å². The molecule has 3 heteroatoms. The molecule has 0 amide bonds. The Kier molecular flexibility index (Phi) is 3.96. The average Bonchev–Trinajstić information content (AvgIpc) is 2.42. The molecule has 3 nitrogen and oxygen atoms in total. The minimum absolute atomic E-state index is 0.967. The summed E-state index contributed by atoms with van der Waals surface area (Å²) in [5.41, 5.74) is 2.31. The smallest absolute Gasteiger partial charge is 0.137 e. The van der Waals surface area contributed by atoms with Crippen LogP contribution in [-0.4, -0.2) is 18.2 Å². The predicted molar refractivity (Wildman–Crippen MR) is 52.8 cm³/mol. The van der Waals surface area contributed by atoms with Gasteiger partial charge in [-0.3, -0.25) is 0 Å². The number of nitrogens with one attached hydrogen (secondary N) is 1.